The van der Waals surface area contributed by atoms with E-state index in [4.69, 9.17) is 0 Å². The van der Waals surface area contributed by atoms with Crippen molar-refractivity contribution in [2.45, 2.75) is 51.9 Å². The second-order valence-corrected chi connectivity index (χ2v) is 8.55. The van der Waals surface area contributed by atoms with Crippen molar-refractivity contribution < 1.29 is 4.79 Å². The predicted octanol–water partition coefficient (Wildman–Crippen LogP) is 4.32. The number of anilines is 1. The van der Waals surface area contributed by atoms with Crippen molar-refractivity contribution in [3.05, 3.63) is 58.1 Å². The molecule has 3 rings (SSSR count). The number of benzene rings is 2. The van der Waals surface area contributed by atoms with Crippen LogP contribution >= 0.6 is 11.8 Å². The highest BCUT2D eigenvalue weighted by atomic mass is 32.2. The minimum absolute atomic E-state index is 0.0741. The maximum atomic E-state index is 12.8. The molecule has 28 heavy (non-hydrogen) atoms. The molecule has 0 radical (unpaired) electrons. The second kappa shape index (κ2) is 8.14. The largest absolute Gasteiger partial charge is 0.325 e. The molecule has 0 unspecified atom stereocenters. The first-order valence-corrected chi connectivity index (χ1v) is 10.0. The highest BCUT2D eigenvalue weighted by Gasteiger charge is 2.20. The summed E-state index contributed by atoms with van der Waals surface area (Å²) in [6.07, 6.45) is 0. The lowest BCUT2D eigenvalue weighted by atomic mass is 10.1. The Morgan fingerprint density at radius 3 is 2.14 bits per heavy atom. The molecule has 1 amide bonds. The number of thioether (sulfide) groups is 1. The number of nitrogens with zero attached hydrogens (tertiary/aromatic N) is 4. The molecule has 2 aromatic carbocycles. The van der Waals surface area contributed by atoms with E-state index in [9.17, 15) is 4.79 Å². The number of rotatable bonds is 5. The Bertz CT molecular complexity index is 984. The average molecular weight is 396 g/mol. The molecular formula is C21H25N5OS. The molecule has 0 spiro atoms. The van der Waals surface area contributed by atoms with Crippen LogP contribution < -0.4 is 5.32 Å². The van der Waals surface area contributed by atoms with Gasteiger partial charge in [-0.25, -0.2) is 0 Å². The van der Waals surface area contributed by atoms with Gasteiger partial charge in [0.15, 0.2) is 0 Å². The van der Waals surface area contributed by atoms with Gasteiger partial charge in [0.25, 0.3) is 0 Å². The Morgan fingerprint density at radius 2 is 1.54 bits per heavy atom. The van der Waals surface area contributed by atoms with E-state index >= 15 is 0 Å². The molecule has 7 heteroatoms. The van der Waals surface area contributed by atoms with Crippen LogP contribution in [0.3, 0.4) is 0 Å². The van der Waals surface area contributed by atoms with Crippen molar-refractivity contribution in [2.75, 3.05) is 5.32 Å². The van der Waals surface area contributed by atoms with Gasteiger partial charge in [0.2, 0.25) is 11.1 Å². The Kier molecular flexibility index (Phi) is 5.84. The zero-order valence-corrected chi connectivity index (χ0v) is 17.9. The Hall–Kier alpha value is -2.67. The lowest BCUT2D eigenvalue weighted by molar-refractivity contribution is -0.115. The van der Waals surface area contributed by atoms with E-state index in [0.717, 1.165) is 33.6 Å². The fourth-order valence-electron chi connectivity index (χ4n) is 3.30. The first kappa shape index (κ1) is 20.1. The fourth-order valence-corrected chi connectivity index (χ4v) is 4.11. The summed E-state index contributed by atoms with van der Waals surface area (Å²) in [5.74, 6) is -0.0741. The van der Waals surface area contributed by atoms with Crippen molar-refractivity contribution in [3.8, 4) is 5.69 Å². The molecule has 1 aromatic heterocycles. The predicted molar refractivity (Wildman–Crippen MR) is 113 cm³/mol. The molecule has 0 aliphatic carbocycles. The lowest BCUT2D eigenvalue weighted by Gasteiger charge is -2.16. The highest BCUT2D eigenvalue weighted by molar-refractivity contribution is 8.00. The third-order valence-corrected chi connectivity index (χ3v) is 5.50. The van der Waals surface area contributed by atoms with E-state index in [-0.39, 0.29) is 11.2 Å². The van der Waals surface area contributed by atoms with Crippen molar-refractivity contribution in [2.24, 2.45) is 0 Å². The zero-order chi connectivity index (χ0) is 20.4. The van der Waals surface area contributed by atoms with Gasteiger partial charge in [-0.1, -0.05) is 35.5 Å². The van der Waals surface area contributed by atoms with Gasteiger partial charge in [0.05, 0.1) is 10.9 Å². The van der Waals surface area contributed by atoms with E-state index < -0.39 is 0 Å². The van der Waals surface area contributed by atoms with E-state index in [2.05, 4.69) is 46.0 Å². The summed E-state index contributed by atoms with van der Waals surface area (Å²) < 4.78 is 1.68. The van der Waals surface area contributed by atoms with Crippen molar-refractivity contribution in [3.63, 3.8) is 0 Å². The van der Waals surface area contributed by atoms with Gasteiger partial charge < -0.3 is 5.32 Å². The van der Waals surface area contributed by atoms with Crippen LogP contribution in [0.15, 0.2) is 35.5 Å². The van der Waals surface area contributed by atoms with Gasteiger partial charge in [0, 0.05) is 5.69 Å². The summed E-state index contributed by atoms with van der Waals surface area (Å²) in [6, 6.07) is 10.3. The monoisotopic (exact) mass is 395 g/mol. The minimum Gasteiger partial charge on any atom is -0.325 e. The second-order valence-electron chi connectivity index (χ2n) is 7.24. The Balaban J connectivity index is 1.78. The maximum Gasteiger partial charge on any atom is 0.237 e. The van der Waals surface area contributed by atoms with Crippen LogP contribution in [0, 0.1) is 34.6 Å². The average Bonchev–Trinajstić information content (AvgIpc) is 3.05. The molecule has 1 N–H and O–H groups in total. The summed E-state index contributed by atoms with van der Waals surface area (Å²) in [5.41, 5.74) is 7.34. The summed E-state index contributed by atoms with van der Waals surface area (Å²) in [4.78, 5) is 12.8. The maximum absolute atomic E-state index is 12.8. The topological polar surface area (TPSA) is 72.7 Å². The van der Waals surface area contributed by atoms with Gasteiger partial charge in [-0.3, -0.25) is 4.79 Å². The van der Waals surface area contributed by atoms with Crippen LogP contribution in [0.5, 0.6) is 0 Å². The number of carbonyl (C=O) groups is 1. The smallest absolute Gasteiger partial charge is 0.237 e. The molecule has 0 aliphatic heterocycles. The molecule has 6 nitrogen and oxygen atoms in total. The van der Waals surface area contributed by atoms with Crippen LogP contribution in [0.2, 0.25) is 0 Å². The molecule has 1 atom stereocenters. The van der Waals surface area contributed by atoms with E-state index in [1.165, 1.54) is 17.3 Å². The molecule has 1 heterocycles. The normalized spacial score (nSPS) is 12.1. The number of nitrogens with one attached hydrogen (secondary N) is 1. The van der Waals surface area contributed by atoms with Crippen LogP contribution in [0.1, 0.15) is 34.7 Å². The molecule has 0 fully saturated rings. The lowest BCUT2D eigenvalue weighted by Crippen LogP contribution is -2.24. The Morgan fingerprint density at radius 1 is 0.964 bits per heavy atom. The minimum atomic E-state index is -0.351. The molecule has 0 aliphatic rings. The third kappa shape index (κ3) is 4.42. The summed E-state index contributed by atoms with van der Waals surface area (Å²) in [5, 5.41) is 15.3. The van der Waals surface area contributed by atoms with Gasteiger partial charge in [-0.2, -0.15) is 4.68 Å². The summed E-state index contributed by atoms with van der Waals surface area (Å²) in [6.45, 7) is 12.0. The molecule has 0 bridgehead atoms. The zero-order valence-electron chi connectivity index (χ0n) is 17.1. The van der Waals surface area contributed by atoms with Crippen LogP contribution in [0.4, 0.5) is 5.69 Å². The number of tetrazole rings is 1. The van der Waals surface area contributed by atoms with E-state index in [1.54, 1.807) is 4.68 Å². The number of aromatic nitrogens is 4. The highest BCUT2D eigenvalue weighted by Crippen LogP contribution is 2.27. The van der Waals surface area contributed by atoms with Crippen molar-refractivity contribution >= 4 is 23.4 Å². The van der Waals surface area contributed by atoms with Crippen LogP contribution in [0.25, 0.3) is 5.69 Å². The molecule has 0 saturated heterocycles. The third-order valence-electron chi connectivity index (χ3n) is 4.47. The molecular weight excluding hydrogens is 370 g/mol. The van der Waals surface area contributed by atoms with Gasteiger partial charge in [-0.15, -0.1) is 5.10 Å². The standard InChI is InChI=1S/C21H25N5OS/c1-12-7-13(2)11-18(10-12)26-21(23-24-25-26)28-17(6)20(27)22-19-15(4)8-14(3)9-16(19)5/h7-11,17H,1-6H3,(H,22,27)/t17-/m0/s1. The number of amides is 1. The van der Waals surface area contributed by atoms with Gasteiger partial charge in [-0.05, 0) is 86.4 Å². The quantitative estimate of drug-likeness (QED) is 0.651. The van der Waals surface area contributed by atoms with E-state index in [0.29, 0.717) is 5.16 Å². The molecule has 146 valence electrons. The molecule has 3 aromatic rings. The SMILES string of the molecule is Cc1cc(C)cc(-n2nnnc2S[C@@H](C)C(=O)Nc2c(C)cc(C)cc2C)c1. The first-order chi connectivity index (χ1) is 13.2. The van der Waals surface area contributed by atoms with Gasteiger partial charge >= 0.3 is 0 Å². The van der Waals surface area contributed by atoms with Gasteiger partial charge in [0.1, 0.15) is 0 Å². The van der Waals surface area contributed by atoms with Crippen LogP contribution in [-0.2, 0) is 4.79 Å². The van der Waals surface area contributed by atoms with Crippen LogP contribution in [-0.4, -0.2) is 31.4 Å². The summed E-state index contributed by atoms with van der Waals surface area (Å²) >= 11 is 1.34. The summed E-state index contributed by atoms with van der Waals surface area (Å²) in [7, 11) is 0. The first-order valence-electron chi connectivity index (χ1n) is 9.17. The number of hydrogen-bond donors (Lipinski definition) is 1. The fraction of sp³-hybridized carbons (Fsp3) is 0.333. The number of hydrogen-bond acceptors (Lipinski definition) is 5. The Labute approximate surface area is 169 Å². The van der Waals surface area contributed by atoms with Crippen molar-refractivity contribution in [1.29, 1.82) is 0 Å². The van der Waals surface area contributed by atoms with Crippen molar-refractivity contribution in [1.82, 2.24) is 20.2 Å². The number of aryl methyl sites for hydroxylation is 5. The molecule has 0 saturated carbocycles. The number of carbonyl (C=O) groups excluding carboxylic acids is 1. The van der Waals surface area contributed by atoms with E-state index in [1.807, 2.05) is 46.8 Å².